The molecule has 2 aromatic carbocycles. The molecule has 0 radical (unpaired) electrons. The minimum Gasteiger partial charge on any atom is -0.298 e. The predicted octanol–water partition coefficient (Wildman–Crippen LogP) is 1.65. The van der Waals surface area contributed by atoms with Gasteiger partial charge in [-0.3, -0.25) is 10.9 Å². The van der Waals surface area contributed by atoms with E-state index in [1.54, 1.807) is 5.01 Å². The molecule has 3 heteroatoms. The van der Waals surface area contributed by atoms with Crippen molar-refractivity contribution < 1.29 is 0 Å². The second kappa shape index (κ2) is 3.65. The first kappa shape index (κ1) is 8.99. The highest BCUT2D eigenvalue weighted by Crippen LogP contribution is 2.24. The van der Waals surface area contributed by atoms with Gasteiger partial charge in [-0.05, 0) is 11.5 Å². The first-order chi connectivity index (χ1) is 6.83. The zero-order valence-electron chi connectivity index (χ0n) is 8.07. The number of hydrogen-bond donors (Lipinski definition) is 2. The lowest BCUT2D eigenvalue weighted by atomic mass is 10.1. The molecule has 0 atom stereocenters. The van der Waals surface area contributed by atoms with Gasteiger partial charge in [0.05, 0.1) is 5.69 Å². The molecule has 3 N–H and O–H groups in total. The average molecular weight is 187 g/mol. The largest absolute Gasteiger partial charge is 0.298 e. The highest BCUT2D eigenvalue weighted by Gasteiger charge is 2.02. The molecule has 0 bridgehead atoms. The number of hydrogen-bond acceptors (Lipinski definition) is 3. The van der Waals surface area contributed by atoms with Gasteiger partial charge in [0, 0.05) is 12.4 Å². The zero-order valence-corrected chi connectivity index (χ0v) is 8.07. The van der Waals surface area contributed by atoms with Gasteiger partial charge in [-0.2, -0.15) is 5.53 Å². The van der Waals surface area contributed by atoms with Crippen molar-refractivity contribution in [3.63, 3.8) is 0 Å². The van der Waals surface area contributed by atoms with E-state index in [1.807, 2.05) is 31.3 Å². The Morgan fingerprint density at radius 2 is 1.79 bits per heavy atom. The van der Waals surface area contributed by atoms with Crippen LogP contribution in [0, 0.1) is 0 Å². The predicted molar refractivity (Wildman–Crippen MR) is 59.7 cm³/mol. The van der Waals surface area contributed by atoms with Crippen molar-refractivity contribution in [1.29, 1.82) is 0 Å². The third-order valence-electron chi connectivity index (χ3n) is 2.32. The molecule has 14 heavy (non-hydrogen) atoms. The van der Waals surface area contributed by atoms with Crippen LogP contribution in [-0.4, -0.2) is 7.05 Å². The normalized spacial score (nSPS) is 10.4. The van der Waals surface area contributed by atoms with Gasteiger partial charge < -0.3 is 0 Å². The summed E-state index contributed by atoms with van der Waals surface area (Å²) in [4.78, 5) is 0. The lowest BCUT2D eigenvalue weighted by molar-refractivity contribution is 0.724. The van der Waals surface area contributed by atoms with Gasteiger partial charge in [0.1, 0.15) is 0 Å². The SMILES string of the molecule is CN(NN)c1cccc2ccccc12. The van der Waals surface area contributed by atoms with E-state index in [-0.39, 0.29) is 0 Å². The molecule has 0 saturated heterocycles. The summed E-state index contributed by atoms with van der Waals surface area (Å²) in [7, 11) is 1.89. The molecule has 3 nitrogen and oxygen atoms in total. The minimum atomic E-state index is 1.07. The monoisotopic (exact) mass is 187 g/mol. The molecule has 2 aromatic rings. The van der Waals surface area contributed by atoms with Gasteiger partial charge in [-0.15, -0.1) is 0 Å². The Morgan fingerprint density at radius 1 is 1.07 bits per heavy atom. The van der Waals surface area contributed by atoms with Crippen LogP contribution in [-0.2, 0) is 0 Å². The van der Waals surface area contributed by atoms with Crippen molar-refractivity contribution in [2.45, 2.75) is 0 Å². The molecule has 0 aromatic heterocycles. The Kier molecular flexibility index (Phi) is 2.35. The molecule has 0 heterocycles. The van der Waals surface area contributed by atoms with Crippen molar-refractivity contribution in [1.82, 2.24) is 5.53 Å². The van der Waals surface area contributed by atoms with E-state index in [2.05, 4.69) is 23.7 Å². The van der Waals surface area contributed by atoms with E-state index in [0.29, 0.717) is 0 Å². The van der Waals surface area contributed by atoms with Crippen LogP contribution in [0.4, 0.5) is 5.69 Å². The number of nitrogens with zero attached hydrogens (tertiary/aromatic N) is 1. The molecular formula is C11H13N3. The summed E-state index contributed by atoms with van der Waals surface area (Å²) in [6, 6.07) is 14.4. The third-order valence-corrected chi connectivity index (χ3v) is 2.32. The number of anilines is 1. The van der Waals surface area contributed by atoms with Gasteiger partial charge in [-0.1, -0.05) is 36.4 Å². The van der Waals surface area contributed by atoms with Crippen LogP contribution in [0.1, 0.15) is 0 Å². The molecule has 0 aliphatic carbocycles. The summed E-state index contributed by atoms with van der Waals surface area (Å²) >= 11 is 0. The van der Waals surface area contributed by atoms with Crippen molar-refractivity contribution in [2.24, 2.45) is 5.84 Å². The Balaban J connectivity index is 2.65. The van der Waals surface area contributed by atoms with Crippen LogP contribution in [0.5, 0.6) is 0 Å². The average Bonchev–Trinajstić information content (AvgIpc) is 2.27. The van der Waals surface area contributed by atoms with E-state index in [4.69, 9.17) is 5.84 Å². The van der Waals surface area contributed by atoms with Gasteiger partial charge in [0.25, 0.3) is 0 Å². The number of rotatable bonds is 2. The Labute approximate surface area is 83.1 Å². The van der Waals surface area contributed by atoms with Gasteiger partial charge in [0.2, 0.25) is 0 Å². The Bertz CT molecular complexity index is 434. The van der Waals surface area contributed by atoms with Crippen LogP contribution < -0.4 is 16.4 Å². The van der Waals surface area contributed by atoms with Crippen LogP contribution in [0.15, 0.2) is 42.5 Å². The second-order valence-corrected chi connectivity index (χ2v) is 3.19. The molecule has 0 aliphatic heterocycles. The molecule has 0 fully saturated rings. The summed E-state index contributed by atoms with van der Waals surface area (Å²) in [6.45, 7) is 0. The maximum atomic E-state index is 5.37. The second-order valence-electron chi connectivity index (χ2n) is 3.19. The van der Waals surface area contributed by atoms with E-state index < -0.39 is 0 Å². The van der Waals surface area contributed by atoms with Crippen molar-refractivity contribution in [3.8, 4) is 0 Å². The van der Waals surface area contributed by atoms with Gasteiger partial charge in [-0.25, -0.2) is 0 Å². The minimum absolute atomic E-state index is 1.07. The molecule has 0 saturated carbocycles. The van der Waals surface area contributed by atoms with Gasteiger partial charge in [0.15, 0.2) is 0 Å². The number of benzene rings is 2. The van der Waals surface area contributed by atoms with Crippen molar-refractivity contribution in [3.05, 3.63) is 42.5 Å². The van der Waals surface area contributed by atoms with E-state index >= 15 is 0 Å². The van der Waals surface area contributed by atoms with Crippen LogP contribution in [0.2, 0.25) is 0 Å². The Morgan fingerprint density at radius 3 is 2.57 bits per heavy atom. The number of nitrogens with two attached hydrogens (primary N) is 1. The molecule has 72 valence electrons. The van der Waals surface area contributed by atoms with Crippen LogP contribution >= 0.6 is 0 Å². The molecule has 0 aliphatic rings. The first-order valence-corrected chi connectivity index (χ1v) is 4.50. The van der Waals surface area contributed by atoms with Crippen molar-refractivity contribution in [2.75, 3.05) is 12.1 Å². The summed E-state index contributed by atoms with van der Waals surface area (Å²) in [6.07, 6.45) is 0. The van der Waals surface area contributed by atoms with E-state index in [1.165, 1.54) is 10.8 Å². The smallest absolute Gasteiger partial charge is 0.0608 e. The van der Waals surface area contributed by atoms with Crippen LogP contribution in [0.25, 0.3) is 10.8 Å². The molecule has 0 amide bonds. The van der Waals surface area contributed by atoms with Gasteiger partial charge >= 0.3 is 0 Å². The molecule has 0 spiro atoms. The van der Waals surface area contributed by atoms with Crippen molar-refractivity contribution >= 4 is 16.5 Å². The highest BCUT2D eigenvalue weighted by atomic mass is 15.6. The lowest BCUT2D eigenvalue weighted by Gasteiger charge is -2.18. The lowest BCUT2D eigenvalue weighted by Crippen LogP contribution is -2.39. The summed E-state index contributed by atoms with van der Waals surface area (Å²) in [5, 5.41) is 4.20. The summed E-state index contributed by atoms with van der Waals surface area (Å²) in [5.74, 6) is 5.37. The number of hydrazine groups is 2. The first-order valence-electron chi connectivity index (χ1n) is 4.50. The van der Waals surface area contributed by atoms with Crippen LogP contribution in [0.3, 0.4) is 0 Å². The fraction of sp³-hybridized carbons (Fsp3) is 0.0909. The topological polar surface area (TPSA) is 41.3 Å². The zero-order chi connectivity index (χ0) is 9.97. The maximum absolute atomic E-state index is 5.37. The van der Waals surface area contributed by atoms with E-state index in [0.717, 1.165) is 5.69 Å². The maximum Gasteiger partial charge on any atom is 0.0608 e. The molecule has 2 rings (SSSR count). The van der Waals surface area contributed by atoms with E-state index in [9.17, 15) is 0 Å². The summed E-state index contributed by atoms with van der Waals surface area (Å²) in [5.41, 5.74) is 3.68. The summed E-state index contributed by atoms with van der Waals surface area (Å²) < 4.78 is 0. The highest BCUT2D eigenvalue weighted by molar-refractivity contribution is 5.93. The quantitative estimate of drug-likeness (QED) is 0.555. The number of fused-ring (bicyclic) bond motifs is 1. The fourth-order valence-corrected chi connectivity index (χ4v) is 1.57. The standard InChI is InChI=1S/C11H13N3/c1-14(13-12)11-8-4-6-9-5-2-3-7-10(9)11/h2-8,13H,12H2,1H3. The molecule has 0 unspecified atom stereocenters. The fourth-order valence-electron chi connectivity index (χ4n) is 1.57. The third kappa shape index (κ3) is 1.43. The number of nitrogens with one attached hydrogen (secondary N) is 1. The molecular weight excluding hydrogens is 174 g/mol. The Hall–Kier alpha value is -1.58.